The molecular formula is C20H15N3O3S. The maximum absolute atomic E-state index is 11.8. The van der Waals surface area contributed by atoms with Gasteiger partial charge in [0.05, 0.1) is 12.6 Å². The fourth-order valence-corrected chi connectivity index (χ4v) is 3.99. The zero-order valence-electron chi connectivity index (χ0n) is 14.1. The number of amides is 1. The van der Waals surface area contributed by atoms with Crippen LogP contribution >= 0.6 is 11.8 Å². The molecule has 1 heterocycles. The Morgan fingerprint density at radius 1 is 1.11 bits per heavy atom. The first-order chi connectivity index (χ1) is 13.1. The number of rotatable bonds is 4. The van der Waals surface area contributed by atoms with Crippen LogP contribution in [0.2, 0.25) is 0 Å². The molecule has 3 aromatic carbocycles. The van der Waals surface area contributed by atoms with Crippen molar-refractivity contribution in [3.63, 3.8) is 0 Å². The summed E-state index contributed by atoms with van der Waals surface area (Å²) in [6.45, 7) is 0. The molecule has 4 rings (SSSR count). The van der Waals surface area contributed by atoms with E-state index >= 15 is 0 Å². The largest absolute Gasteiger partial charge is 0.481 e. The summed E-state index contributed by atoms with van der Waals surface area (Å²) < 4.78 is 0. The van der Waals surface area contributed by atoms with Gasteiger partial charge in [-0.1, -0.05) is 60.3 Å². The fourth-order valence-electron chi connectivity index (χ4n) is 3.07. The third-order valence-electron chi connectivity index (χ3n) is 4.28. The second-order valence-corrected chi connectivity index (χ2v) is 7.27. The van der Waals surface area contributed by atoms with Crippen molar-refractivity contribution in [2.75, 3.05) is 0 Å². The molecule has 0 radical (unpaired) electrons. The summed E-state index contributed by atoms with van der Waals surface area (Å²) in [5.41, 5.74) is 0.949. The smallest absolute Gasteiger partial charge is 0.305 e. The van der Waals surface area contributed by atoms with Gasteiger partial charge in [0.25, 0.3) is 0 Å². The van der Waals surface area contributed by atoms with Gasteiger partial charge in [-0.05, 0) is 27.6 Å². The van der Waals surface area contributed by atoms with Gasteiger partial charge in [0, 0.05) is 5.56 Å². The molecule has 1 amide bonds. The summed E-state index contributed by atoms with van der Waals surface area (Å²) in [4.78, 5) is 22.6. The molecule has 1 atom stereocenters. The lowest BCUT2D eigenvalue weighted by Gasteiger charge is -2.07. The minimum Gasteiger partial charge on any atom is -0.481 e. The number of carbonyl (C=O) groups excluding carboxylic acids is 1. The van der Waals surface area contributed by atoms with Crippen LogP contribution in [-0.4, -0.2) is 33.6 Å². The number of nitrogens with one attached hydrogen (secondary N) is 1. The standard InChI is InChI=1S/C20H15N3O3S/c24-18(25)10-17-19(26)22-20(27-17)23-21-11-16-14-7-3-1-5-12(14)9-13-6-2-4-8-15(13)16/h1-9,11,17H,10H2,(H,24,25)(H,22,23,26). The second kappa shape index (κ2) is 7.20. The molecule has 0 aliphatic carbocycles. The number of thioether (sulfide) groups is 1. The Morgan fingerprint density at radius 2 is 1.74 bits per heavy atom. The molecule has 27 heavy (non-hydrogen) atoms. The molecule has 1 aliphatic heterocycles. The number of carbonyl (C=O) groups is 2. The van der Waals surface area contributed by atoms with Crippen LogP contribution in [0.5, 0.6) is 0 Å². The van der Waals surface area contributed by atoms with Crippen LogP contribution in [-0.2, 0) is 9.59 Å². The van der Waals surface area contributed by atoms with Crippen molar-refractivity contribution in [1.82, 2.24) is 5.32 Å². The maximum atomic E-state index is 11.8. The van der Waals surface area contributed by atoms with E-state index in [4.69, 9.17) is 5.11 Å². The maximum Gasteiger partial charge on any atom is 0.305 e. The van der Waals surface area contributed by atoms with Crippen molar-refractivity contribution in [2.45, 2.75) is 11.7 Å². The molecule has 6 nitrogen and oxygen atoms in total. The average Bonchev–Trinajstić information content (AvgIpc) is 2.99. The summed E-state index contributed by atoms with van der Waals surface area (Å²) in [5.74, 6) is -1.37. The summed E-state index contributed by atoms with van der Waals surface area (Å²) >= 11 is 1.08. The fraction of sp³-hybridized carbons (Fsp3) is 0.100. The molecule has 3 aromatic rings. The number of amidine groups is 1. The van der Waals surface area contributed by atoms with Crippen LogP contribution in [0.3, 0.4) is 0 Å². The molecule has 1 aliphatic rings. The van der Waals surface area contributed by atoms with E-state index in [2.05, 4.69) is 33.7 Å². The monoisotopic (exact) mass is 377 g/mol. The Morgan fingerprint density at radius 3 is 2.37 bits per heavy atom. The summed E-state index contributed by atoms with van der Waals surface area (Å²) in [7, 11) is 0. The van der Waals surface area contributed by atoms with E-state index in [9.17, 15) is 9.59 Å². The normalized spacial score (nSPS) is 18.6. The molecule has 0 spiro atoms. The van der Waals surface area contributed by atoms with E-state index in [0.717, 1.165) is 38.9 Å². The Labute approximate surface area is 159 Å². The highest BCUT2D eigenvalue weighted by Gasteiger charge is 2.32. The van der Waals surface area contributed by atoms with Crippen LogP contribution < -0.4 is 5.32 Å². The topological polar surface area (TPSA) is 91.1 Å². The molecule has 1 saturated heterocycles. The van der Waals surface area contributed by atoms with Crippen LogP contribution in [0.25, 0.3) is 21.5 Å². The third-order valence-corrected chi connectivity index (χ3v) is 5.36. The lowest BCUT2D eigenvalue weighted by Crippen LogP contribution is -2.26. The highest BCUT2D eigenvalue weighted by molar-refractivity contribution is 8.15. The first-order valence-corrected chi connectivity index (χ1v) is 9.20. The molecule has 0 aromatic heterocycles. The Balaban J connectivity index is 1.69. The Hall–Kier alpha value is -3.19. The van der Waals surface area contributed by atoms with Gasteiger partial charge in [-0.2, -0.15) is 5.10 Å². The number of hydrogen-bond donors (Lipinski definition) is 2. The van der Waals surface area contributed by atoms with Crippen molar-refractivity contribution in [3.05, 3.63) is 60.2 Å². The van der Waals surface area contributed by atoms with E-state index in [1.165, 1.54) is 0 Å². The van der Waals surface area contributed by atoms with Gasteiger partial charge in [0.15, 0.2) is 5.17 Å². The lowest BCUT2D eigenvalue weighted by atomic mass is 9.97. The van der Waals surface area contributed by atoms with Gasteiger partial charge in [0.2, 0.25) is 5.91 Å². The molecule has 0 bridgehead atoms. The van der Waals surface area contributed by atoms with Gasteiger partial charge >= 0.3 is 5.97 Å². The van der Waals surface area contributed by atoms with Gasteiger partial charge in [0.1, 0.15) is 5.25 Å². The van der Waals surface area contributed by atoms with E-state index in [-0.39, 0.29) is 12.3 Å². The minimum absolute atomic E-state index is 0.243. The Kier molecular flexibility index (Phi) is 4.60. The number of carboxylic acids is 1. The van der Waals surface area contributed by atoms with E-state index in [1.807, 2.05) is 36.4 Å². The quantitative estimate of drug-likeness (QED) is 0.414. The second-order valence-electron chi connectivity index (χ2n) is 6.08. The predicted molar refractivity (Wildman–Crippen MR) is 108 cm³/mol. The molecule has 134 valence electrons. The van der Waals surface area contributed by atoms with Crippen LogP contribution in [0.1, 0.15) is 12.0 Å². The molecule has 7 heteroatoms. The number of hydrogen-bond acceptors (Lipinski definition) is 5. The number of aliphatic carboxylic acids is 1. The number of carboxylic acid groups (broad SMARTS) is 1. The van der Waals surface area contributed by atoms with Gasteiger partial charge in [-0.15, -0.1) is 5.10 Å². The number of nitrogens with zero attached hydrogens (tertiary/aromatic N) is 2. The van der Waals surface area contributed by atoms with Crippen LogP contribution in [0, 0.1) is 0 Å². The van der Waals surface area contributed by atoms with Gasteiger partial charge in [-0.25, -0.2) is 0 Å². The van der Waals surface area contributed by atoms with Crippen molar-refractivity contribution in [1.29, 1.82) is 0 Å². The summed E-state index contributed by atoms with van der Waals surface area (Å²) in [6, 6.07) is 18.2. The SMILES string of the molecule is O=C(O)CC1SC(=NN=Cc2c3ccccc3cc3ccccc23)NC1=O. The van der Waals surface area contributed by atoms with Crippen molar-refractivity contribution in [2.24, 2.45) is 10.2 Å². The average molecular weight is 377 g/mol. The predicted octanol–water partition coefficient (Wildman–Crippen LogP) is 3.39. The molecule has 2 N–H and O–H groups in total. The zero-order valence-corrected chi connectivity index (χ0v) is 14.9. The summed E-state index contributed by atoms with van der Waals surface area (Å²) in [6.07, 6.45) is 1.43. The van der Waals surface area contributed by atoms with Gasteiger partial charge < -0.3 is 10.4 Å². The molecule has 1 unspecified atom stereocenters. The van der Waals surface area contributed by atoms with E-state index in [1.54, 1.807) is 6.21 Å². The highest BCUT2D eigenvalue weighted by atomic mass is 32.2. The van der Waals surface area contributed by atoms with Crippen molar-refractivity contribution in [3.8, 4) is 0 Å². The lowest BCUT2D eigenvalue weighted by molar-refractivity contribution is -0.138. The van der Waals surface area contributed by atoms with Crippen molar-refractivity contribution < 1.29 is 14.7 Å². The minimum atomic E-state index is -1.02. The van der Waals surface area contributed by atoms with E-state index in [0.29, 0.717) is 5.17 Å². The summed E-state index contributed by atoms with van der Waals surface area (Å²) in [5, 5.41) is 23.6. The molecule has 1 fully saturated rings. The van der Waals surface area contributed by atoms with Crippen LogP contribution in [0.4, 0.5) is 0 Å². The zero-order chi connectivity index (χ0) is 18.8. The number of benzene rings is 3. The molecular weight excluding hydrogens is 362 g/mol. The van der Waals surface area contributed by atoms with Gasteiger partial charge in [-0.3, -0.25) is 9.59 Å². The molecule has 0 saturated carbocycles. The third kappa shape index (κ3) is 3.54. The van der Waals surface area contributed by atoms with E-state index < -0.39 is 11.2 Å². The van der Waals surface area contributed by atoms with Crippen LogP contribution in [0.15, 0.2) is 64.8 Å². The first kappa shape index (κ1) is 17.2. The highest BCUT2D eigenvalue weighted by Crippen LogP contribution is 2.27. The number of fused-ring (bicyclic) bond motifs is 2. The van der Waals surface area contributed by atoms with Crippen molar-refractivity contribution >= 4 is 56.6 Å². The Bertz CT molecular complexity index is 1070. The first-order valence-electron chi connectivity index (χ1n) is 8.32.